The molecule has 0 aromatic carbocycles. The average Bonchev–Trinajstić information content (AvgIpc) is 2.88. The predicted molar refractivity (Wildman–Crippen MR) is 70.6 cm³/mol. The molecular weight excluding hydrogens is 260 g/mol. The number of aliphatic carboxylic acids is 1. The summed E-state index contributed by atoms with van der Waals surface area (Å²) in [4.78, 5) is 10.6. The molecule has 0 bridgehead atoms. The number of rotatable bonds is 5. The van der Waals surface area contributed by atoms with Gasteiger partial charge in [0, 0.05) is 0 Å². The largest absolute Gasteiger partial charge is 0.481 e. The molecular formula is C11H10O2S3. The molecule has 2 rings (SSSR count). The fourth-order valence-corrected chi connectivity index (χ4v) is 3.92. The van der Waals surface area contributed by atoms with E-state index >= 15 is 0 Å². The molecule has 0 aliphatic heterocycles. The second-order valence-corrected chi connectivity index (χ2v) is 5.85. The summed E-state index contributed by atoms with van der Waals surface area (Å²) < 4.78 is 0. The highest BCUT2D eigenvalue weighted by atomic mass is 32.2. The minimum absolute atomic E-state index is 0.135. The summed E-state index contributed by atoms with van der Waals surface area (Å²) in [7, 11) is 0. The molecule has 0 spiro atoms. The van der Waals surface area contributed by atoms with Crippen molar-refractivity contribution in [2.24, 2.45) is 0 Å². The highest BCUT2D eigenvalue weighted by Gasteiger charge is 2.16. The molecule has 2 aromatic rings. The molecule has 84 valence electrons. The standard InChI is InChI=1S/C11H10O2S3/c12-10(13)7-16-11(8-1-3-14-5-8)9-2-4-15-6-9/h1-6,11H,7H2,(H,12,13). The molecule has 0 saturated carbocycles. The minimum atomic E-state index is -0.763. The van der Waals surface area contributed by atoms with Crippen molar-refractivity contribution in [1.29, 1.82) is 0 Å². The van der Waals surface area contributed by atoms with Gasteiger partial charge in [-0.15, -0.1) is 11.8 Å². The summed E-state index contributed by atoms with van der Waals surface area (Å²) in [6, 6.07) is 4.11. The predicted octanol–water partition coefficient (Wildman–Crippen LogP) is 3.72. The average molecular weight is 270 g/mol. The Kier molecular flexibility index (Phi) is 4.04. The Balaban J connectivity index is 2.17. The van der Waals surface area contributed by atoms with E-state index < -0.39 is 5.97 Å². The molecule has 0 saturated heterocycles. The second-order valence-electron chi connectivity index (χ2n) is 3.20. The summed E-state index contributed by atoms with van der Waals surface area (Å²) in [6.45, 7) is 0. The van der Waals surface area contributed by atoms with Crippen LogP contribution < -0.4 is 0 Å². The van der Waals surface area contributed by atoms with Gasteiger partial charge in [-0.2, -0.15) is 22.7 Å². The first-order valence-electron chi connectivity index (χ1n) is 4.65. The lowest BCUT2D eigenvalue weighted by atomic mass is 10.1. The first-order valence-corrected chi connectivity index (χ1v) is 7.58. The zero-order valence-electron chi connectivity index (χ0n) is 8.33. The summed E-state index contributed by atoms with van der Waals surface area (Å²) >= 11 is 4.74. The Morgan fingerprint density at radius 1 is 1.25 bits per heavy atom. The van der Waals surface area contributed by atoms with Crippen molar-refractivity contribution in [1.82, 2.24) is 0 Å². The first-order chi connectivity index (χ1) is 7.77. The van der Waals surface area contributed by atoms with Crippen molar-refractivity contribution in [3.8, 4) is 0 Å². The van der Waals surface area contributed by atoms with Crippen LogP contribution in [-0.2, 0) is 4.79 Å². The molecule has 0 radical (unpaired) electrons. The van der Waals surface area contributed by atoms with E-state index in [-0.39, 0.29) is 11.0 Å². The molecule has 2 aromatic heterocycles. The van der Waals surface area contributed by atoms with Crippen LogP contribution in [-0.4, -0.2) is 16.8 Å². The van der Waals surface area contributed by atoms with E-state index in [9.17, 15) is 4.79 Å². The SMILES string of the molecule is O=C(O)CSC(c1ccsc1)c1ccsc1. The van der Waals surface area contributed by atoms with Crippen LogP contribution in [0.2, 0.25) is 0 Å². The number of thiophene rings is 2. The molecule has 0 aliphatic carbocycles. The van der Waals surface area contributed by atoms with E-state index in [4.69, 9.17) is 5.11 Å². The number of carboxylic acids is 1. The fraction of sp³-hybridized carbons (Fsp3) is 0.182. The Morgan fingerprint density at radius 2 is 1.81 bits per heavy atom. The number of hydrogen-bond donors (Lipinski definition) is 1. The molecule has 0 aliphatic rings. The molecule has 0 amide bonds. The third-order valence-corrected chi connectivity index (χ3v) is 4.76. The summed E-state index contributed by atoms with van der Waals surface area (Å²) in [5, 5.41) is 17.1. The van der Waals surface area contributed by atoms with Crippen molar-refractivity contribution in [2.75, 3.05) is 5.75 Å². The van der Waals surface area contributed by atoms with Crippen LogP contribution in [0.4, 0.5) is 0 Å². The van der Waals surface area contributed by atoms with Crippen molar-refractivity contribution in [3.05, 3.63) is 44.8 Å². The van der Waals surface area contributed by atoms with Gasteiger partial charge in [-0.05, 0) is 44.8 Å². The monoisotopic (exact) mass is 270 g/mol. The van der Waals surface area contributed by atoms with Crippen molar-refractivity contribution in [3.63, 3.8) is 0 Å². The number of thioether (sulfide) groups is 1. The number of hydrogen-bond acceptors (Lipinski definition) is 4. The highest BCUT2D eigenvalue weighted by Crippen LogP contribution is 2.37. The van der Waals surface area contributed by atoms with E-state index in [1.807, 2.05) is 10.8 Å². The smallest absolute Gasteiger partial charge is 0.313 e. The maximum Gasteiger partial charge on any atom is 0.313 e. The third-order valence-electron chi connectivity index (χ3n) is 2.07. The van der Waals surface area contributed by atoms with Gasteiger partial charge in [0.15, 0.2) is 0 Å². The minimum Gasteiger partial charge on any atom is -0.481 e. The topological polar surface area (TPSA) is 37.3 Å². The van der Waals surface area contributed by atoms with Crippen LogP contribution in [0.5, 0.6) is 0 Å². The lowest BCUT2D eigenvalue weighted by Crippen LogP contribution is -2.02. The molecule has 2 heterocycles. The summed E-state index contributed by atoms with van der Waals surface area (Å²) in [6.07, 6.45) is 0. The summed E-state index contributed by atoms with van der Waals surface area (Å²) in [5.41, 5.74) is 2.38. The lowest BCUT2D eigenvalue weighted by Gasteiger charge is -2.12. The van der Waals surface area contributed by atoms with Gasteiger partial charge in [-0.25, -0.2) is 0 Å². The normalized spacial score (nSPS) is 10.8. The van der Waals surface area contributed by atoms with Gasteiger partial charge in [-0.1, -0.05) is 0 Å². The Bertz CT molecular complexity index is 400. The van der Waals surface area contributed by atoms with Crippen LogP contribution in [0.25, 0.3) is 0 Å². The van der Waals surface area contributed by atoms with E-state index in [1.54, 1.807) is 22.7 Å². The fourth-order valence-electron chi connectivity index (χ4n) is 1.39. The van der Waals surface area contributed by atoms with Crippen molar-refractivity contribution < 1.29 is 9.90 Å². The molecule has 2 nitrogen and oxygen atoms in total. The second kappa shape index (κ2) is 5.52. The van der Waals surface area contributed by atoms with Crippen LogP contribution in [0.15, 0.2) is 33.7 Å². The maximum absolute atomic E-state index is 10.6. The third kappa shape index (κ3) is 2.87. The number of carboxylic acid groups (broad SMARTS) is 1. The Morgan fingerprint density at radius 3 is 2.19 bits per heavy atom. The molecule has 16 heavy (non-hydrogen) atoms. The maximum atomic E-state index is 10.6. The summed E-state index contributed by atoms with van der Waals surface area (Å²) in [5.74, 6) is -0.628. The van der Waals surface area contributed by atoms with Gasteiger partial charge in [0.1, 0.15) is 0 Å². The molecule has 0 atom stereocenters. The quantitative estimate of drug-likeness (QED) is 0.899. The van der Waals surface area contributed by atoms with Gasteiger partial charge >= 0.3 is 5.97 Å². The van der Waals surface area contributed by atoms with Crippen LogP contribution in [0.1, 0.15) is 16.4 Å². The Hall–Kier alpha value is -0.780. The van der Waals surface area contributed by atoms with Gasteiger partial charge < -0.3 is 5.11 Å². The number of carbonyl (C=O) groups is 1. The van der Waals surface area contributed by atoms with Crippen molar-refractivity contribution >= 4 is 40.4 Å². The van der Waals surface area contributed by atoms with Gasteiger partial charge in [0.05, 0.1) is 11.0 Å². The molecule has 5 heteroatoms. The Labute approximate surface area is 106 Å². The van der Waals surface area contributed by atoms with Crippen LogP contribution in [0.3, 0.4) is 0 Å². The van der Waals surface area contributed by atoms with Gasteiger partial charge in [0.2, 0.25) is 0 Å². The van der Waals surface area contributed by atoms with Gasteiger partial charge in [0.25, 0.3) is 0 Å². The molecule has 0 unspecified atom stereocenters. The zero-order valence-corrected chi connectivity index (χ0v) is 10.8. The lowest BCUT2D eigenvalue weighted by molar-refractivity contribution is -0.133. The van der Waals surface area contributed by atoms with E-state index in [0.29, 0.717) is 0 Å². The molecule has 0 fully saturated rings. The van der Waals surface area contributed by atoms with Crippen molar-refractivity contribution in [2.45, 2.75) is 5.25 Å². The van der Waals surface area contributed by atoms with Crippen LogP contribution >= 0.6 is 34.4 Å². The van der Waals surface area contributed by atoms with E-state index in [1.165, 1.54) is 22.9 Å². The highest BCUT2D eigenvalue weighted by molar-refractivity contribution is 8.00. The van der Waals surface area contributed by atoms with E-state index in [0.717, 1.165) is 0 Å². The molecule has 1 N–H and O–H groups in total. The van der Waals surface area contributed by atoms with Crippen LogP contribution in [0, 0.1) is 0 Å². The van der Waals surface area contributed by atoms with E-state index in [2.05, 4.69) is 22.9 Å². The first kappa shape index (κ1) is 11.7. The zero-order chi connectivity index (χ0) is 11.4. The van der Waals surface area contributed by atoms with Gasteiger partial charge in [-0.3, -0.25) is 4.79 Å².